The van der Waals surface area contributed by atoms with Crippen molar-refractivity contribution in [2.75, 3.05) is 6.54 Å². The summed E-state index contributed by atoms with van der Waals surface area (Å²) in [5.74, 6) is 0.588. The fourth-order valence-corrected chi connectivity index (χ4v) is 2.54. The number of hydrogen-bond acceptors (Lipinski definition) is 2. The number of carbonyl (C=O) groups excluding carboxylic acids is 1. The van der Waals surface area contributed by atoms with E-state index >= 15 is 0 Å². The number of fused-ring (bicyclic) bond motifs is 1. The zero-order valence-corrected chi connectivity index (χ0v) is 13.0. The van der Waals surface area contributed by atoms with Gasteiger partial charge >= 0.3 is 0 Å². The van der Waals surface area contributed by atoms with E-state index < -0.39 is 0 Å². The molecule has 0 radical (unpaired) electrons. The van der Waals surface area contributed by atoms with Gasteiger partial charge in [-0.15, -0.1) is 0 Å². The molecule has 1 amide bonds. The Hall–Kier alpha value is -1.62. The molecule has 20 heavy (non-hydrogen) atoms. The Labute approximate surface area is 123 Å². The van der Waals surface area contributed by atoms with Gasteiger partial charge in [-0.3, -0.25) is 4.79 Å². The van der Waals surface area contributed by atoms with Crippen LogP contribution in [0, 0.1) is 12.3 Å². The van der Waals surface area contributed by atoms with Crippen LogP contribution >= 0.6 is 11.6 Å². The number of nitrogens with zero attached hydrogens (tertiary/aromatic N) is 3. The molecule has 0 aromatic carbocycles. The van der Waals surface area contributed by atoms with Crippen molar-refractivity contribution in [3.63, 3.8) is 0 Å². The average Bonchev–Trinajstić information content (AvgIpc) is 2.67. The van der Waals surface area contributed by atoms with Gasteiger partial charge in [0.15, 0.2) is 0 Å². The smallest absolute Gasteiger partial charge is 0.268 e. The van der Waals surface area contributed by atoms with Crippen LogP contribution in [0.3, 0.4) is 0 Å². The van der Waals surface area contributed by atoms with Gasteiger partial charge in [0.2, 0.25) is 5.29 Å². The van der Waals surface area contributed by atoms with E-state index in [2.05, 4.69) is 42.8 Å². The molecule has 0 saturated carbocycles. The highest BCUT2D eigenvalue weighted by atomic mass is 35.5. The van der Waals surface area contributed by atoms with E-state index in [1.54, 1.807) is 0 Å². The number of nitrogens with one attached hydrogen (secondary N) is 1. The topological polar surface area (TPSA) is 58.8 Å². The molecule has 0 aliphatic carbocycles. The van der Waals surface area contributed by atoms with Crippen LogP contribution in [0.1, 0.15) is 42.9 Å². The molecule has 0 unspecified atom stereocenters. The second kappa shape index (κ2) is 5.05. The van der Waals surface area contributed by atoms with E-state index in [1.807, 2.05) is 17.6 Å². The predicted octanol–water partition coefficient (Wildman–Crippen LogP) is 3.05. The van der Waals surface area contributed by atoms with Crippen molar-refractivity contribution in [3.05, 3.63) is 17.3 Å². The van der Waals surface area contributed by atoms with Crippen LogP contribution in [0.15, 0.2) is 16.1 Å². The molecule has 0 bridgehead atoms. The fraction of sp³-hybridized carbons (Fsp3) is 0.500. The Morgan fingerprint density at radius 3 is 2.75 bits per heavy atom. The molecule has 0 fully saturated rings. The van der Waals surface area contributed by atoms with Gasteiger partial charge in [-0.05, 0) is 42.3 Å². The fourth-order valence-electron chi connectivity index (χ4n) is 2.46. The van der Waals surface area contributed by atoms with E-state index in [9.17, 15) is 4.79 Å². The lowest BCUT2D eigenvalue weighted by Crippen LogP contribution is -2.43. The van der Waals surface area contributed by atoms with Gasteiger partial charge in [-0.25, -0.2) is 9.98 Å². The van der Waals surface area contributed by atoms with E-state index in [4.69, 9.17) is 11.6 Å². The molecule has 2 heterocycles. The summed E-state index contributed by atoms with van der Waals surface area (Å²) >= 11 is 5.88. The number of rotatable bonds is 1. The van der Waals surface area contributed by atoms with Gasteiger partial charge in [0.05, 0.1) is 6.04 Å². The van der Waals surface area contributed by atoms with Gasteiger partial charge < -0.3 is 9.88 Å². The number of halogens is 1. The molecular formula is C14H19ClN4O. The third kappa shape index (κ3) is 2.50. The zero-order valence-electron chi connectivity index (χ0n) is 12.2. The van der Waals surface area contributed by atoms with Crippen LogP contribution < -0.4 is 5.32 Å². The Kier molecular flexibility index (Phi) is 3.73. The van der Waals surface area contributed by atoms with E-state index in [0.717, 1.165) is 5.56 Å². The van der Waals surface area contributed by atoms with Crippen molar-refractivity contribution in [3.8, 4) is 0 Å². The number of carbonyl (C=O) groups is 1. The molecule has 1 aliphatic heterocycles. The van der Waals surface area contributed by atoms with Gasteiger partial charge in [0, 0.05) is 6.54 Å². The van der Waals surface area contributed by atoms with Crippen LogP contribution in [-0.2, 0) is 0 Å². The maximum absolute atomic E-state index is 12.0. The van der Waals surface area contributed by atoms with Crippen molar-refractivity contribution < 1.29 is 4.79 Å². The summed E-state index contributed by atoms with van der Waals surface area (Å²) in [5, 5.41) is 3.00. The Balaban J connectivity index is 2.67. The molecule has 1 aliphatic rings. The number of amides is 1. The van der Waals surface area contributed by atoms with Crippen molar-refractivity contribution in [2.24, 2.45) is 15.4 Å². The van der Waals surface area contributed by atoms with Crippen molar-refractivity contribution in [1.29, 1.82) is 0 Å². The number of hydrogen-bond donors (Lipinski definition) is 1. The van der Waals surface area contributed by atoms with Crippen molar-refractivity contribution in [2.45, 2.75) is 33.7 Å². The molecule has 2 rings (SSSR count). The Morgan fingerprint density at radius 1 is 1.55 bits per heavy atom. The normalized spacial score (nSPS) is 19.6. The lowest BCUT2D eigenvalue weighted by Gasteiger charge is -2.37. The zero-order chi connectivity index (χ0) is 15.1. The van der Waals surface area contributed by atoms with Crippen molar-refractivity contribution in [1.82, 2.24) is 9.88 Å². The van der Waals surface area contributed by atoms with Crippen LogP contribution in [0.2, 0.25) is 0 Å². The summed E-state index contributed by atoms with van der Waals surface area (Å²) in [7, 11) is 0. The maximum atomic E-state index is 12.0. The van der Waals surface area contributed by atoms with Crippen LogP contribution in [-0.4, -0.2) is 29.0 Å². The van der Waals surface area contributed by atoms with E-state index in [-0.39, 0.29) is 22.7 Å². The summed E-state index contributed by atoms with van der Waals surface area (Å²) in [4.78, 5) is 19.9. The highest BCUT2D eigenvalue weighted by Crippen LogP contribution is 2.39. The van der Waals surface area contributed by atoms with Gasteiger partial charge in [0.1, 0.15) is 11.5 Å². The molecule has 1 N–H and O–H groups in total. The molecule has 0 saturated heterocycles. The number of aromatic nitrogens is 1. The van der Waals surface area contributed by atoms with Crippen molar-refractivity contribution >= 4 is 35.3 Å². The predicted molar refractivity (Wildman–Crippen MR) is 82.5 cm³/mol. The minimum Gasteiger partial charge on any atom is -0.349 e. The first kappa shape index (κ1) is 14.8. The van der Waals surface area contributed by atoms with Gasteiger partial charge in [-0.2, -0.15) is 0 Å². The van der Waals surface area contributed by atoms with E-state index in [1.165, 1.54) is 0 Å². The lowest BCUT2D eigenvalue weighted by molar-refractivity contribution is 0.0882. The molecule has 1 atom stereocenters. The largest absolute Gasteiger partial charge is 0.349 e. The third-order valence-electron chi connectivity index (χ3n) is 3.52. The number of amidine groups is 1. The summed E-state index contributed by atoms with van der Waals surface area (Å²) in [6, 6.07) is 1.94. The number of aryl methyl sites for hydroxylation is 1. The summed E-state index contributed by atoms with van der Waals surface area (Å²) in [5.41, 5.74) is 1.49. The molecule has 0 spiro atoms. The second-order valence-corrected chi connectivity index (χ2v) is 6.38. The quantitative estimate of drug-likeness (QED) is 0.483. The van der Waals surface area contributed by atoms with Crippen LogP contribution in [0.5, 0.6) is 0 Å². The monoisotopic (exact) mass is 294 g/mol. The Morgan fingerprint density at radius 2 is 2.20 bits per heavy atom. The van der Waals surface area contributed by atoms with Crippen LogP contribution in [0.25, 0.3) is 0 Å². The molecule has 6 heteroatoms. The summed E-state index contributed by atoms with van der Waals surface area (Å²) < 4.78 is 1.96. The molecule has 1 aromatic rings. The Bertz CT molecular complexity index is 595. The van der Waals surface area contributed by atoms with Gasteiger partial charge in [0.25, 0.3) is 5.91 Å². The minimum atomic E-state index is -0.0854. The van der Waals surface area contributed by atoms with Crippen LogP contribution in [0.4, 0.5) is 5.82 Å². The average molecular weight is 295 g/mol. The minimum absolute atomic E-state index is 0.0216. The van der Waals surface area contributed by atoms with E-state index in [0.29, 0.717) is 18.1 Å². The first-order valence-electron chi connectivity index (χ1n) is 6.46. The summed E-state index contributed by atoms with van der Waals surface area (Å²) in [6.45, 7) is 12.2. The summed E-state index contributed by atoms with van der Waals surface area (Å²) in [6.07, 6.45) is 0. The first-order chi connectivity index (χ1) is 9.25. The molecule has 5 nitrogen and oxygen atoms in total. The SMILES string of the molecule is C=NC(Cl)=Nc1c(C)cc2n1[C@@H](C(C)(C)C)CNC2=O. The highest BCUT2D eigenvalue weighted by Gasteiger charge is 2.35. The maximum Gasteiger partial charge on any atom is 0.268 e. The highest BCUT2D eigenvalue weighted by molar-refractivity contribution is 6.65. The molecular weight excluding hydrogens is 276 g/mol. The second-order valence-electron chi connectivity index (χ2n) is 6.04. The molecule has 108 valence electrons. The molecule has 1 aromatic heterocycles. The van der Waals surface area contributed by atoms with Gasteiger partial charge in [-0.1, -0.05) is 20.8 Å². The third-order valence-corrected chi connectivity index (χ3v) is 3.73. The number of aliphatic imine (C=N–C) groups is 2. The lowest BCUT2D eigenvalue weighted by atomic mass is 9.85. The standard InChI is InChI=1S/C14H19ClN4O/c1-8-6-9-12(20)17-7-10(14(2,3)4)19(9)11(8)18-13(15)16-5/h6,10H,5,7H2,1-4H3,(H,17,20)/t10-/m1/s1. The first-order valence-corrected chi connectivity index (χ1v) is 6.84.